The van der Waals surface area contributed by atoms with Gasteiger partial charge in [-0.3, -0.25) is 14.4 Å². The van der Waals surface area contributed by atoms with Crippen molar-refractivity contribution in [2.75, 3.05) is 13.2 Å². The number of nitrogens with two attached hydrogens (primary N) is 3. The number of aliphatic hydroxyl groups excluding tert-OH is 3. The van der Waals surface area contributed by atoms with Crippen LogP contribution in [0.4, 0.5) is 0 Å². The molecule has 4 unspecified atom stereocenters. The highest BCUT2D eigenvalue weighted by molar-refractivity contribution is 5.74. The molecule has 0 aliphatic rings. The molecule has 0 aromatic heterocycles. The lowest BCUT2D eigenvalue weighted by Crippen LogP contribution is -2.39. The van der Waals surface area contributed by atoms with Gasteiger partial charge in [0.05, 0.1) is 19.3 Å². The second-order valence-corrected chi connectivity index (χ2v) is 3.86. The topological polar surface area (TPSA) is 251 Å². The van der Waals surface area contributed by atoms with Crippen LogP contribution >= 0.6 is 0 Å². The number of rotatable bonds is 6. The molecule has 0 saturated heterocycles. The quantitative estimate of drug-likeness (QED) is 0.224. The Labute approximate surface area is 125 Å². The lowest BCUT2D eigenvalue weighted by atomic mass is 10.2. The van der Waals surface area contributed by atoms with Gasteiger partial charge in [-0.2, -0.15) is 0 Å². The van der Waals surface area contributed by atoms with E-state index < -0.39 is 55.4 Å². The number of carboxylic acids is 3. The maximum absolute atomic E-state index is 9.86. The average Bonchev–Trinajstić information content (AvgIpc) is 2.45. The molecule has 0 aromatic carbocycles. The Kier molecular flexibility index (Phi) is 16.1. The minimum atomic E-state index is -1.18. The highest BCUT2D eigenvalue weighted by atomic mass is 16.4. The molecule has 0 aliphatic carbocycles. The van der Waals surface area contributed by atoms with Gasteiger partial charge < -0.3 is 47.8 Å². The molecule has 0 saturated carbocycles. The van der Waals surface area contributed by atoms with Gasteiger partial charge in [0.1, 0.15) is 18.1 Å². The Morgan fingerprint density at radius 3 is 1.09 bits per heavy atom. The van der Waals surface area contributed by atoms with E-state index in [1.807, 2.05) is 0 Å². The van der Waals surface area contributed by atoms with Crippen molar-refractivity contribution in [3.8, 4) is 0 Å². The summed E-state index contributed by atoms with van der Waals surface area (Å²) in [6, 6.07) is -3.41. The zero-order valence-corrected chi connectivity index (χ0v) is 11.9. The summed E-state index contributed by atoms with van der Waals surface area (Å²) in [4.78, 5) is 29.1. The Morgan fingerprint density at radius 2 is 1.09 bits per heavy atom. The van der Waals surface area contributed by atoms with Crippen LogP contribution in [0.15, 0.2) is 0 Å². The van der Waals surface area contributed by atoms with Crippen LogP contribution in [0.2, 0.25) is 0 Å². The first-order valence-electron chi connectivity index (χ1n) is 5.77. The van der Waals surface area contributed by atoms with Crippen molar-refractivity contribution in [3.63, 3.8) is 0 Å². The van der Waals surface area contributed by atoms with Crippen LogP contribution in [0.3, 0.4) is 0 Å². The summed E-state index contributed by atoms with van der Waals surface area (Å²) in [5.74, 6) is -3.54. The third-order valence-corrected chi connectivity index (χ3v) is 1.83. The molecule has 132 valence electrons. The summed E-state index contributed by atoms with van der Waals surface area (Å²) >= 11 is 0. The van der Waals surface area contributed by atoms with Crippen molar-refractivity contribution < 1.29 is 45.0 Å². The average molecular weight is 329 g/mol. The highest BCUT2D eigenvalue weighted by Crippen LogP contribution is 1.85. The molecule has 0 rings (SSSR count). The fourth-order valence-electron chi connectivity index (χ4n) is 0.363. The van der Waals surface area contributed by atoms with Crippen LogP contribution in [0.1, 0.15) is 6.92 Å². The zero-order valence-electron chi connectivity index (χ0n) is 11.9. The van der Waals surface area contributed by atoms with E-state index >= 15 is 0 Å². The molecule has 0 radical (unpaired) electrons. The molecular weight excluding hydrogens is 306 g/mol. The zero-order chi connectivity index (χ0) is 18.5. The number of carboxylic acid groups (broad SMARTS) is 3. The summed E-state index contributed by atoms with van der Waals surface area (Å²) in [5.41, 5.74) is 14.4. The smallest absolute Gasteiger partial charge is 0.323 e. The fourth-order valence-corrected chi connectivity index (χ4v) is 0.363. The van der Waals surface area contributed by atoms with E-state index in [2.05, 4.69) is 0 Å². The number of aliphatic carboxylic acids is 3. The first kappa shape index (κ1) is 25.1. The lowest BCUT2D eigenvalue weighted by Gasteiger charge is -2.06. The predicted octanol–water partition coefficient (Wildman–Crippen LogP) is -4.44. The van der Waals surface area contributed by atoms with Crippen molar-refractivity contribution >= 4 is 17.9 Å². The number of carbonyl (C=O) groups is 3. The molecule has 0 aromatic rings. The van der Waals surface area contributed by atoms with Gasteiger partial charge in [-0.25, -0.2) is 0 Å². The van der Waals surface area contributed by atoms with Gasteiger partial charge in [-0.1, -0.05) is 0 Å². The molecule has 12 nitrogen and oxygen atoms in total. The minimum absolute atomic E-state index is 0.505. The number of hydrogen-bond donors (Lipinski definition) is 9. The molecule has 0 fully saturated rings. The van der Waals surface area contributed by atoms with Crippen LogP contribution in [0.5, 0.6) is 0 Å². The minimum Gasteiger partial charge on any atom is -0.480 e. The van der Waals surface area contributed by atoms with Gasteiger partial charge in [-0.15, -0.1) is 0 Å². The van der Waals surface area contributed by atoms with E-state index in [0.29, 0.717) is 0 Å². The Hall–Kier alpha value is -1.83. The van der Waals surface area contributed by atoms with Crippen molar-refractivity contribution in [1.82, 2.24) is 0 Å². The van der Waals surface area contributed by atoms with E-state index in [1.54, 1.807) is 0 Å². The third kappa shape index (κ3) is 16.2. The van der Waals surface area contributed by atoms with Crippen molar-refractivity contribution in [2.45, 2.75) is 31.2 Å². The second kappa shape index (κ2) is 14.1. The summed E-state index contributed by atoms with van der Waals surface area (Å²) < 4.78 is 0. The van der Waals surface area contributed by atoms with Gasteiger partial charge in [0, 0.05) is 0 Å². The van der Waals surface area contributed by atoms with Crippen LogP contribution in [0.25, 0.3) is 0 Å². The maximum Gasteiger partial charge on any atom is 0.323 e. The van der Waals surface area contributed by atoms with Crippen molar-refractivity contribution in [1.29, 1.82) is 0 Å². The summed E-state index contributed by atoms with van der Waals surface area (Å²) in [6.45, 7) is 0.323. The summed E-state index contributed by atoms with van der Waals surface area (Å²) in [6.07, 6.45) is -0.979. The monoisotopic (exact) mass is 329 g/mol. The molecular formula is C10H23N3O9. The van der Waals surface area contributed by atoms with Gasteiger partial charge in [0.15, 0.2) is 0 Å². The second-order valence-electron chi connectivity index (χ2n) is 3.86. The van der Waals surface area contributed by atoms with Gasteiger partial charge in [0.25, 0.3) is 0 Å². The summed E-state index contributed by atoms with van der Waals surface area (Å²) in [7, 11) is 0. The molecule has 4 atom stereocenters. The Morgan fingerprint density at radius 1 is 0.818 bits per heavy atom. The van der Waals surface area contributed by atoms with Crippen LogP contribution in [-0.4, -0.2) is 86.0 Å². The SMILES string of the molecule is CC(O)C(N)C(=O)O.NC(CO)C(=O)O.NC(CO)C(=O)O. The predicted molar refractivity (Wildman–Crippen MR) is 72.7 cm³/mol. The number of hydrogen-bond acceptors (Lipinski definition) is 9. The lowest BCUT2D eigenvalue weighted by molar-refractivity contribution is -0.141. The van der Waals surface area contributed by atoms with E-state index in [9.17, 15) is 14.4 Å². The van der Waals surface area contributed by atoms with E-state index in [0.717, 1.165) is 0 Å². The van der Waals surface area contributed by atoms with Crippen molar-refractivity contribution in [3.05, 3.63) is 0 Å². The van der Waals surface area contributed by atoms with E-state index in [1.165, 1.54) is 6.92 Å². The highest BCUT2D eigenvalue weighted by Gasteiger charge is 2.16. The standard InChI is InChI=1S/C4H9NO3.2C3H7NO3/c1-2(6)3(5)4(7)8;2*4-2(1-5)3(6)7/h2-3,6H,5H2,1H3,(H,7,8);2*2,5H,1,4H2,(H,6,7). The molecule has 22 heavy (non-hydrogen) atoms. The molecule has 12 heteroatoms. The van der Waals surface area contributed by atoms with Crippen LogP contribution < -0.4 is 17.2 Å². The van der Waals surface area contributed by atoms with E-state index in [-0.39, 0.29) is 0 Å². The largest absolute Gasteiger partial charge is 0.480 e. The molecule has 0 heterocycles. The maximum atomic E-state index is 9.86. The molecule has 12 N–H and O–H groups in total. The van der Waals surface area contributed by atoms with Crippen molar-refractivity contribution in [2.24, 2.45) is 17.2 Å². The molecule has 0 spiro atoms. The van der Waals surface area contributed by atoms with E-state index in [4.69, 9.17) is 47.8 Å². The first-order valence-corrected chi connectivity index (χ1v) is 5.77. The Bertz CT molecular complexity index is 318. The van der Waals surface area contributed by atoms with Gasteiger partial charge in [-0.05, 0) is 6.92 Å². The normalized spacial score (nSPS) is 14.9. The Balaban J connectivity index is -0.000000247. The van der Waals surface area contributed by atoms with Crippen LogP contribution in [-0.2, 0) is 14.4 Å². The molecule has 0 amide bonds. The van der Waals surface area contributed by atoms with Gasteiger partial charge >= 0.3 is 17.9 Å². The number of aliphatic hydroxyl groups is 3. The third-order valence-electron chi connectivity index (χ3n) is 1.83. The van der Waals surface area contributed by atoms with Gasteiger partial charge in [0.2, 0.25) is 0 Å². The van der Waals surface area contributed by atoms with Crippen LogP contribution in [0, 0.1) is 0 Å². The molecule has 0 bridgehead atoms. The molecule has 0 aliphatic heterocycles. The fraction of sp³-hybridized carbons (Fsp3) is 0.700. The first-order chi connectivity index (χ1) is 9.91. The summed E-state index contributed by atoms with van der Waals surface area (Å²) in [5, 5.41) is 48.3.